The number of rotatable bonds is 4. The molecule has 0 spiro atoms. The summed E-state index contributed by atoms with van der Waals surface area (Å²) in [4.78, 5) is 4.30. The average molecular weight is 263 g/mol. The predicted molar refractivity (Wildman–Crippen MR) is 76.2 cm³/mol. The fraction of sp³-hybridized carbons (Fsp3) is 0.385. The van der Waals surface area contributed by atoms with Crippen LogP contribution in [-0.4, -0.2) is 17.5 Å². The van der Waals surface area contributed by atoms with Gasteiger partial charge in [-0.25, -0.2) is 4.99 Å². The summed E-state index contributed by atoms with van der Waals surface area (Å²) in [6.07, 6.45) is 4.91. The van der Waals surface area contributed by atoms with Crippen molar-refractivity contribution in [3.05, 3.63) is 24.3 Å². The first kappa shape index (κ1) is 14.4. The van der Waals surface area contributed by atoms with E-state index in [0.717, 1.165) is 17.9 Å². The lowest BCUT2D eigenvalue weighted by Crippen LogP contribution is -2.12. The van der Waals surface area contributed by atoms with Crippen molar-refractivity contribution >= 4 is 22.6 Å². The first-order valence-corrected chi connectivity index (χ1v) is 6.96. The number of thioether (sulfide) groups is 1. The molecule has 0 bridgehead atoms. The van der Waals surface area contributed by atoms with Crippen molar-refractivity contribution < 1.29 is 4.74 Å². The fourth-order valence-electron chi connectivity index (χ4n) is 1.20. The molecule has 1 aromatic carbocycles. The van der Waals surface area contributed by atoms with Crippen molar-refractivity contribution in [2.75, 3.05) is 6.26 Å². The molecule has 18 heavy (non-hydrogen) atoms. The summed E-state index contributed by atoms with van der Waals surface area (Å²) >= 11 is 1.39. The van der Waals surface area contributed by atoms with E-state index in [1.165, 1.54) is 11.8 Å². The Labute approximate surface area is 112 Å². The molecule has 1 aromatic rings. The Hall–Kier alpha value is -1.67. The quantitative estimate of drug-likeness (QED) is 0.392. The minimum absolute atomic E-state index is 0.210. The Balaban J connectivity index is 2.73. The van der Waals surface area contributed by atoms with Crippen LogP contribution in [0.2, 0.25) is 0 Å². The Morgan fingerprint density at radius 2 is 2.17 bits per heavy atom. The Kier molecular flexibility index (Phi) is 6.09. The molecule has 4 nitrogen and oxygen atoms in total. The van der Waals surface area contributed by atoms with Gasteiger partial charge in [0.05, 0.1) is 11.8 Å². The van der Waals surface area contributed by atoms with Gasteiger partial charge in [0.1, 0.15) is 5.75 Å². The van der Waals surface area contributed by atoms with Crippen LogP contribution in [-0.2, 0) is 0 Å². The number of nitrogens with one attached hydrogen (secondary N) is 1. The molecule has 0 saturated heterocycles. The van der Waals surface area contributed by atoms with Crippen LogP contribution in [0.3, 0.4) is 0 Å². The second kappa shape index (κ2) is 7.62. The van der Waals surface area contributed by atoms with Crippen molar-refractivity contribution in [3.8, 4) is 11.9 Å². The highest BCUT2D eigenvalue weighted by molar-refractivity contribution is 8.13. The van der Waals surface area contributed by atoms with Crippen molar-refractivity contribution in [1.29, 1.82) is 5.26 Å². The Morgan fingerprint density at radius 1 is 1.50 bits per heavy atom. The van der Waals surface area contributed by atoms with Gasteiger partial charge in [-0.1, -0.05) is 18.7 Å². The van der Waals surface area contributed by atoms with E-state index in [9.17, 15) is 0 Å². The topological polar surface area (TPSA) is 57.4 Å². The second-order valence-electron chi connectivity index (χ2n) is 3.69. The molecular weight excluding hydrogens is 246 g/mol. The van der Waals surface area contributed by atoms with Gasteiger partial charge in [0, 0.05) is 0 Å². The maximum Gasteiger partial charge on any atom is 0.183 e. The molecule has 96 valence electrons. The molecule has 0 aliphatic rings. The molecule has 1 atom stereocenters. The largest absolute Gasteiger partial charge is 0.491 e. The molecule has 0 saturated carbocycles. The highest BCUT2D eigenvalue weighted by atomic mass is 32.2. The van der Waals surface area contributed by atoms with Crippen LogP contribution in [0.5, 0.6) is 5.75 Å². The smallest absolute Gasteiger partial charge is 0.183 e. The minimum Gasteiger partial charge on any atom is -0.491 e. The molecule has 0 amide bonds. The van der Waals surface area contributed by atoms with Gasteiger partial charge < -0.3 is 4.74 Å². The molecular formula is C13H17N3OS. The SMILES string of the molecule is CCC(C)Oc1ccc(N=C(NC#N)SC)cc1. The molecule has 5 heteroatoms. The summed E-state index contributed by atoms with van der Waals surface area (Å²) in [6, 6.07) is 7.50. The lowest BCUT2D eigenvalue weighted by molar-refractivity contribution is 0.217. The van der Waals surface area contributed by atoms with Gasteiger partial charge >= 0.3 is 0 Å². The number of nitriles is 1. The van der Waals surface area contributed by atoms with E-state index < -0.39 is 0 Å². The van der Waals surface area contributed by atoms with Gasteiger partial charge in [-0.3, -0.25) is 5.32 Å². The molecule has 0 heterocycles. The summed E-state index contributed by atoms with van der Waals surface area (Å²) < 4.78 is 5.68. The summed E-state index contributed by atoms with van der Waals surface area (Å²) in [5, 5.41) is 11.6. The first-order valence-electron chi connectivity index (χ1n) is 5.74. The van der Waals surface area contributed by atoms with Crippen molar-refractivity contribution in [3.63, 3.8) is 0 Å². The molecule has 0 fully saturated rings. The number of ether oxygens (including phenoxy) is 1. The second-order valence-corrected chi connectivity index (χ2v) is 4.48. The Morgan fingerprint density at radius 3 is 2.67 bits per heavy atom. The van der Waals surface area contributed by atoms with E-state index in [2.05, 4.69) is 17.2 Å². The highest BCUT2D eigenvalue weighted by Gasteiger charge is 2.01. The number of hydrogen-bond acceptors (Lipinski definition) is 4. The third kappa shape index (κ3) is 4.68. The molecule has 0 aromatic heterocycles. The van der Waals surface area contributed by atoms with Gasteiger partial charge in [0.15, 0.2) is 11.4 Å². The standard InChI is InChI=1S/C13H17N3OS/c1-4-10(2)17-12-7-5-11(6-8-12)16-13(18-3)15-9-14/h5-8,10H,4H2,1-3H3,(H,15,16). The summed E-state index contributed by atoms with van der Waals surface area (Å²) in [6.45, 7) is 4.12. The van der Waals surface area contributed by atoms with Crippen LogP contribution in [0, 0.1) is 11.5 Å². The van der Waals surface area contributed by atoms with E-state index in [0.29, 0.717) is 5.17 Å². The molecule has 1 unspecified atom stereocenters. The van der Waals surface area contributed by atoms with E-state index in [-0.39, 0.29) is 6.10 Å². The number of hydrogen-bond donors (Lipinski definition) is 1. The fourth-order valence-corrected chi connectivity index (χ4v) is 1.55. The first-order chi connectivity index (χ1) is 8.69. The van der Waals surface area contributed by atoms with Crippen LogP contribution < -0.4 is 10.1 Å². The zero-order chi connectivity index (χ0) is 13.4. The lowest BCUT2D eigenvalue weighted by atomic mass is 10.3. The van der Waals surface area contributed by atoms with Crippen LogP contribution in [0.4, 0.5) is 5.69 Å². The molecule has 0 aliphatic heterocycles. The summed E-state index contributed by atoms with van der Waals surface area (Å²) in [5.41, 5.74) is 0.790. The van der Waals surface area contributed by atoms with Crippen molar-refractivity contribution in [2.24, 2.45) is 4.99 Å². The van der Waals surface area contributed by atoms with Gasteiger partial charge in [-0.2, -0.15) is 5.26 Å². The van der Waals surface area contributed by atoms with Gasteiger partial charge in [-0.05, 0) is 43.9 Å². The van der Waals surface area contributed by atoms with E-state index in [4.69, 9.17) is 10.00 Å². The van der Waals surface area contributed by atoms with E-state index >= 15 is 0 Å². The van der Waals surface area contributed by atoms with Crippen LogP contribution in [0.1, 0.15) is 20.3 Å². The van der Waals surface area contributed by atoms with Crippen molar-refractivity contribution in [1.82, 2.24) is 5.32 Å². The van der Waals surface area contributed by atoms with Crippen LogP contribution in [0.15, 0.2) is 29.3 Å². The predicted octanol–water partition coefficient (Wildman–Crippen LogP) is 3.29. The maximum absolute atomic E-state index is 8.54. The monoisotopic (exact) mass is 263 g/mol. The number of nitrogens with zero attached hydrogens (tertiary/aromatic N) is 2. The Bertz CT molecular complexity index is 437. The summed E-state index contributed by atoms with van der Waals surface area (Å²) in [7, 11) is 0. The van der Waals surface area contributed by atoms with Gasteiger partial charge in [0.2, 0.25) is 0 Å². The molecule has 0 radical (unpaired) electrons. The lowest BCUT2D eigenvalue weighted by Gasteiger charge is -2.12. The summed E-state index contributed by atoms with van der Waals surface area (Å²) in [5.74, 6) is 0.835. The zero-order valence-electron chi connectivity index (χ0n) is 10.8. The third-order valence-electron chi connectivity index (χ3n) is 2.34. The zero-order valence-corrected chi connectivity index (χ0v) is 11.6. The van der Waals surface area contributed by atoms with Crippen LogP contribution in [0.25, 0.3) is 0 Å². The maximum atomic E-state index is 8.54. The number of amidine groups is 1. The number of benzene rings is 1. The third-order valence-corrected chi connectivity index (χ3v) is 2.92. The average Bonchev–Trinajstić information content (AvgIpc) is 2.40. The van der Waals surface area contributed by atoms with E-state index in [1.807, 2.05) is 43.6 Å². The molecule has 1 N–H and O–H groups in total. The number of aliphatic imine (C=N–C) groups is 1. The molecule has 1 rings (SSSR count). The van der Waals surface area contributed by atoms with Gasteiger partial charge in [0.25, 0.3) is 0 Å². The van der Waals surface area contributed by atoms with Crippen molar-refractivity contribution in [2.45, 2.75) is 26.4 Å². The molecule has 0 aliphatic carbocycles. The highest BCUT2D eigenvalue weighted by Crippen LogP contribution is 2.20. The minimum atomic E-state index is 0.210. The van der Waals surface area contributed by atoms with Gasteiger partial charge in [-0.15, -0.1) is 0 Å². The van der Waals surface area contributed by atoms with Crippen LogP contribution >= 0.6 is 11.8 Å². The van der Waals surface area contributed by atoms with E-state index in [1.54, 1.807) is 0 Å². The normalized spacial score (nSPS) is 12.7.